The Labute approximate surface area is 89.9 Å². The van der Waals surface area contributed by atoms with Gasteiger partial charge in [-0.15, -0.1) is 0 Å². The van der Waals surface area contributed by atoms with E-state index in [-0.39, 0.29) is 12.6 Å². The van der Waals surface area contributed by atoms with Crippen LogP contribution >= 0.6 is 0 Å². The highest BCUT2D eigenvalue weighted by Gasteiger charge is 2.16. The lowest BCUT2D eigenvalue weighted by Crippen LogP contribution is -2.35. The highest BCUT2D eigenvalue weighted by atomic mass is 16.5. The van der Waals surface area contributed by atoms with E-state index in [1.54, 1.807) is 6.08 Å². The minimum atomic E-state index is -0.202. The van der Waals surface area contributed by atoms with Gasteiger partial charge < -0.3 is 9.64 Å². The number of ether oxygens (including phenoxy) is 1. The summed E-state index contributed by atoms with van der Waals surface area (Å²) in [6.45, 7) is 5.97. The number of carbonyl (C=O) groups is 2. The number of hydrogen-bond donors (Lipinski definition) is 0. The van der Waals surface area contributed by atoms with E-state index in [0.29, 0.717) is 31.6 Å². The first-order valence-corrected chi connectivity index (χ1v) is 5.23. The lowest BCUT2D eigenvalue weighted by Gasteiger charge is -2.25. The fraction of sp³-hybridized carbons (Fsp3) is 0.636. The van der Waals surface area contributed by atoms with Gasteiger partial charge in [0.15, 0.2) is 0 Å². The van der Waals surface area contributed by atoms with Gasteiger partial charge in [0, 0.05) is 32.5 Å². The van der Waals surface area contributed by atoms with Gasteiger partial charge in [-0.2, -0.15) is 0 Å². The van der Waals surface area contributed by atoms with Crippen LogP contribution < -0.4 is 0 Å². The van der Waals surface area contributed by atoms with Crippen LogP contribution in [-0.4, -0.2) is 42.9 Å². The Balaban J connectivity index is 2.11. The molecule has 0 atom stereocenters. The zero-order chi connectivity index (χ0) is 11.1. The van der Waals surface area contributed by atoms with Crippen molar-refractivity contribution in [2.45, 2.75) is 19.3 Å². The zero-order valence-electron chi connectivity index (χ0n) is 8.91. The van der Waals surface area contributed by atoms with Gasteiger partial charge in [-0.25, -0.2) is 0 Å². The number of likely N-dealkylation sites (tertiary alicyclic amines) is 1. The predicted octanol–water partition coefficient (Wildman–Crippen LogP) is 0.771. The SMILES string of the molecule is C=CCOC(=O)CCN1CCC(=O)CC1. The van der Waals surface area contributed by atoms with Gasteiger partial charge >= 0.3 is 5.97 Å². The van der Waals surface area contributed by atoms with E-state index in [4.69, 9.17) is 4.74 Å². The first-order valence-electron chi connectivity index (χ1n) is 5.23. The Hall–Kier alpha value is -1.16. The van der Waals surface area contributed by atoms with E-state index in [1.807, 2.05) is 0 Å². The molecule has 4 heteroatoms. The van der Waals surface area contributed by atoms with Gasteiger partial charge in [0.05, 0.1) is 6.42 Å². The Morgan fingerprint density at radius 2 is 2.13 bits per heavy atom. The van der Waals surface area contributed by atoms with Crippen molar-refractivity contribution in [2.75, 3.05) is 26.2 Å². The van der Waals surface area contributed by atoms with Crippen molar-refractivity contribution in [3.63, 3.8) is 0 Å². The number of Topliss-reactive ketones (excluding diaryl/α,β-unsaturated/α-hetero) is 1. The van der Waals surface area contributed by atoms with Crippen molar-refractivity contribution in [1.29, 1.82) is 0 Å². The molecule has 0 amide bonds. The Bertz CT molecular complexity index is 240. The molecule has 0 spiro atoms. The number of nitrogens with zero attached hydrogens (tertiary/aromatic N) is 1. The lowest BCUT2D eigenvalue weighted by atomic mass is 10.1. The summed E-state index contributed by atoms with van der Waals surface area (Å²) in [7, 11) is 0. The average molecular weight is 211 g/mol. The topological polar surface area (TPSA) is 46.6 Å². The molecule has 1 aliphatic rings. The molecule has 0 bridgehead atoms. The van der Waals surface area contributed by atoms with Crippen molar-refractivity contribution in [3.8, 4) is 0 Å². The number of carbonyl (C=O) groups excluding carboxylic acids is 2. The van der Waals surface area contributed by atoms with Crippen LogP contribution in [0, 0.1) is 0 Å². The molecule has 1 fully saturated rings. The molecule has 15 heavy (non-hydrogen) atoms. The summed E-state index contributed by atoms with van der Waals surface area (Å²) in [6.07, 6.45) is 3.17. The second-order valence-corrected chi connectivity index (χ2v) is 3.60. The molecule has 0 N–H and O–H groups in total. The smallest absolute Gasteiger partial charge is 0.307 e. The van der Waals surface area contributed by atoms with E-state index in [1.165, 1.54) is 0 Å². The second-order valence-electron chi connectivity index (χ2n) is 3.60. The van der Waals surface area contributed by atoms with Gasteiger partial charge in [0.1, 0.15) is 12.4 Å². The van der Waals surface area contributed by atoms with Gasteiger partial charge in [-0.05, 0) is 0 Å². The summed E-state index contributed by atoms with van der Waals surface area (Å²) in [6, 6.07) is 0. The van der Waals surface area contributed by atoms with E-state index < -0.39 is 0 Å². The summed E-state index contributed by atoms with van der Waals surface area (Å²) in [5.41, 5.74) is 0. The minimum absolute atomic E-state index is 0.202. The molecule has 1 aliphatic heterocycles. The van der Waals surface area contributed by atoms with Gasteiger partial charge in [-0.1, -0.05) is 12.7 Å². The molecule has 0 aromatic carbocycles. The largest absolute Gasteiger partial charge is 0.461 e. The molecule has 0 unspecified atom stereocenters. The predicted molar refractivity (Wildman–Crippen MR) is 56.5 cm³/mol. The number of piperidine rings is 1. The molecule has 0 aromatic rings. The maximum absolute atomic E-state index is 11.1. The van der Waals surface area contributed by atoms with Crippen molar-refractivity contribution in [1.82, 2.24) is 4.90 Å². The molecule has 0 saturated carbocycles. The van der Waals surface area contributed by atoms with Gasteiger partial charge in [-0.3, -0.25) is 9.59 Å². The van der Waals surface area contributed by atoms with Crippen LogP contribution in [0.4, 0.5) is 0 Å². The standard InChI is InChI=1S/C11H17NO3/c1-2-9-15-11(14)5-8-12-6-3-10(13)4-7-12/h2H,1,3-9H2. The molecular formula is C11H17NO3. The fourth-order valence-electron chi connectivity index (χ4n) is 1.50. The molecular weight excluding hydrogens is 194 g/mol. The molecule has 84 valence electrons. The van der Waals surface area contributed by atoms with E-state index in [2.05, 4.69) is 11.5 Å². The van der Waals surface area contributed by atoms with E-state index in [9.17, 15) is 9.59 Å². The number of esters is 1. The van der Waals surface area contributed by atoms with Crippen LogP contribution in [0.3, 0.4) is 0 Å². The van der Waals surface area contributed by atoms with Gasteiger partial charge in [0.2, 0.25) is 0 Å². The first kappa shape index (κ1) is 11.9. The van der Waals surface area contributed by atoms with Gasteiger partial charge in [0.25, 0.3) is 0 Å². The molecule has 4 nitrogen and oxygen atoms in total. The summed E-state index contributed by atoms with van der Waals surface area (Å²) in [4.78, 5) is 24.2. The molecule has 1 heterocycles. The summed E-state index contributed by atoms with van der Waals surface area (Å²) < 4.78 is 4.85. The minimum Gasteiger partial charge on any atom is -0.461 e. The third-order valence-electron chi connectivity index (χ3n) is 2.41. The second kappa shape index (κ2) is 6.35. The molecule has 1 rings (SSSR count). The summed E-state index contributed by atoms with van der Waals surface area (Å²) in [5, 5.41) is 0. The van der Waals surface area contributed by atoms with Crippen LogP contribution in [0.5, 0.6) is 0 Å². The van der Waals surface area contributed by atoms with Crippen molar-refractivity contribution in [2.24, 2.45) is 0 Å². The number of hydrogen-bond acceptors (Lipinski definition) is 4. The number of rotatable bonds is 5. The number of ketones is 1. The Morgan fingerprint density at radius 1 is 1.47 bits per heavy atom. The van der Waals surface area contributed by atoms with Crippen molar-refractivity contribution in [3.05, 3.63) is 12.7 Å². The Kier molecular flexibility index (Phi) is 5.04. The Morgan fingerprint density at radius 3 is 2.73 bits per heavy atom. The van der Waals surface area contributed by atoms with Crippen LogP contribution in [0.2, 0.25) is 0 Å². The lowest BCUT2D eigenvalue weighted by molar-refractivity contribution is -0.142. The highest BCUT2D eigenvalue weighted by molar-refractivity contribution is 5.79. The highest BCUT2D eigenvalue weighted by Crippen LogP contribution is 2.06. The average Bonchev–Trinajstić information content (AvgIpc) is 2.25. The third-order valence-corrected chi connectivity index (χ3v) is 2.41. The third kappa shape index (κ3) is 4.74. The fourth-order valence-corrected chi connectivity index (χ4v) is 1.50. The normalized spacial score (nSPS) is 17.5. The molecule has 0 radical (unpaired) electrons. The van der Waals surface area contributed by atoms with Crippen LogP contribution in [0.25, 0.3) is 0 Å². The first-order chi connectivity index (χ1) is 7.22. The molecule has 0 aromatic heterocycles. The summed E-state index contributed by atoms with van der Waals surface area (Å²) in [5.74, 6) is 0.118. The molecule has 0 aliphatic carbocycles. The zero-order valence-corrected chi connectivity index (χ0v) is 8.91. The maximum atomic E-state index is 11.1. The molecule has 1 saturated heterocycles. The maximum Gasteiger partial charge on any atom is 0.307 e. The quantitative estimate of drug-likeness (QED) is 0.498. The van der Waals surface area contributed by atoms with E-state index in [0.717, 1.165) is 13.1 Å². The van der Waals surface area contributed by atoms with Crippen LogP contribution in [-0.2, 0) is 14.3 Å². The van der Waals surface area contributed by atoms with Crippen LogP contribution in [0.15, 0.2) is 12.7 Å². The van der Waals surface area contributed by atoms with Crippen molar-refractivity contribution < 1.29 is 14.3 Å². The van der Waals surface area contributed by atoms with Crippen molar-refractivity contribution >= 4 is 11.8 Å². The monoisotopic (exact) mass is 211 g/mol. The van der Waals surface area contributed by atoms with E-state index >= 15 is 0 Å². The summed E-state index contributed by atoms with van der Waals surface area (Å²) >= 11 is 0. The van der Waals surface area contributed by atoms with Crippen LogP contribution in [0.1, 0.15) is 19.3 Å².